The molecule has 1 aromatic carbocycles. The van der Waals surface area contributed by atoms with Gasteiger partial charge in [-0.3, -0.25) is 9.67 Å². The van der Waals surface area contributed by atoms with E-state index in [1.165, 1.54) is 18.2 Å². The Balaban J connectivity index is 1.60. The summed E-state index contributed by atoms with van der Waals surface area (Å²) in [5.74, 6) is -1.30. The first-order valence-corrected chi connectivity index (χ1v) is 13.1. The zero-order valence-corrected chi connectivity index (χ0v) is 22.8. The van der Waals surface area contributed by atoms with E-state index in [0.717, 1.165) is 28.9 Å². The maximum Gasteiger partial charge on any atom is 0.135 e. The monoisotopic (exact) mass is 533 g/mol. The van der Waals surface area contributed by atoms with Gasteiger partial charge in [0.1, 0.15) is 17.2 Å². The maximum absolute atomic E-state index is 14.6. The predicted octanol–water partition coefficient (Wildman–Crippen LogP) is 5.26. The number of aliphatic hydroxyl groups excluding tert-OH is 1. The molecule has 0 radical (unpaired) electrons. The maximum atomic E-state index is 14.6. The minimum absolute atomic E-state index is 0.0514. The van der Waals surface area contributed by atoms with Crippen molar-refractivity contribution in [3.8, 4) is 22.5 Å². The molecule has 0 amide bonds. The highest BCUT2D eigenvalue weighted by molar-refractivity contribution is 5.64. The summed E-state index contributed by atoms with van der Waals surface area (Å²) in [7, 11) is 0. The van der Waals surface area contributed by atoms with Crippen LogP contribution in [0.5, 0.6) is 0 Å². The number of pyridine rings is 1. The molecule has 9 heteroatoms. The highest BCUT2D eigenvalue weighted by Crippen LogP contribution is 2.61. The fraction of sp³-hybridized carbons (Fsp3) is 0.400. The van der Waals surface area contributed by atoms with Crippen molar-refractivity contribution >= 4 is 0 Å². The topological polar surface area (TPSA) is 97.0 Å². The highest BCUT2D eigenvalue weighted by Gasteiger charge is 2.57. The van der Waals surface area contributed by atoms with Crippen LogP contribution in [-0.2, 0) is 12.0 Å². The van der Waals surface area contributed by atoms with Crippen LogP contribution in [0.1, 0.15) is 63.9 Å². The minimum Gasteiger partial charge on any atom is -0.393 e. The van der Waals surface area contributed by atoms with E-state index in [2.05, 4.69) is 43.0 Å². The second-order valence-corrected chi connectivity index (χ2v) is 11.4. The van der Waals surface area contributed by atoms with Crippen LogP contribution in [0.3, 0.4) is 0 Å². The van der Waals surface area contributed by atoms with Gasteiger partial charge >= 0.3 is 0 Å². The summed E-state index contributed by atoms with van der Waals surface area (Å²) < 4.78 is 30.8. The molecule has 1 aliphatic rings. The van der Waals surface area contributed by atoms with Crippen molar-refractivity contribution in [1.29, 1.82) is 0 Å². The van der Waals surface area contributed by atoms with Crippen LogP contribution in [0.25, 0.3) is 22.5 Å². The van der Waals surface area contributed by atoms with Gasteiger partial charge in [0.2, 0.25) is 0 Å². The lowest BCUT2D eigenvalue weighted by Gasteiger charge is -2.41. The van der Waals surface area contributed by atoms with E-state index in [1.807, 2.05) is 18.2 Å². The molecule has 39 heavy (non-hydrogen) atoms. The Morgan fingerprint density at radius 3 is 2.38 bits per heavy atom. The number of fused-ring (bicyclic) bond motifs is 1. The molecule has 2 N–H and O–H groups in total. The highest BCUT2D eigenvalue weighted by atomic mass is 19.1. The second kappa shape index (κ2) is 9.57. The predicted molar refractivity (Wildman–Crippen MR) is 144 cm³/mol. The van der Waals surface area contributed by atoms with Crippen LogP contribution in [0, 0.1) is 17.0 Å². The molecule has 5 rings (SSSR count). The summed E-state index contributed by atoms with van der Waals surface area (Å²) in [6.07, 6.45) is 4.27. The average Bonchev–Trinajstić information content (AvgIpc) is 3.42. The van der Waals surface area contributed by atoms with Crippen molar-refractivity contribution in [2.75, 3.05) is 6.61 Å². The normalized spacial score (nSPS) is 21.5. The van der Waals surface area contributed by atoms with Gasteiger partial charge in [-0.25, -0.2) is 8.78 Å². The first kappa shape index (κ1) is 27.0. The first-order valence-electron chi connectivity index (χ1n) is 13.1. The average molecular weight is 534 g/mol. The molecule has 0 aliphatic heterocycles. The Morgan fingerprint density at radius 1 is 1.03 bits per heavy atom. The lowest BCUT2D eigenvalue weighted by Crippen LogP contribution is -2.39. The molecule has 204 valence electrons. The molecule has 1 aliphatic carbocycles. The van der Waals surface area contributed by atoms with E-state index in [1.54, 1.807) is 30.1 Å². The number of rotatable bonds is 7. The van der Waals surface area contributed by atoms with E-state index < -0.39 is 22.7 Å². The zero-order chi connectivity index (χ0) is 28.2. The van der Waals surface area contributed by atoms with Gasteiger partial charge in [0.25, 0.3) is 0 Å². The Hall–Kier alpha value is -3.56. The number of halogens is 2. The van der Waals surface area contributed by atoms with Gasteiger partial charge in [-0.05, 0) is 67.5 Å². The van der Waals surface area contributed by atoms with Gasteiger partial charge in [-0.2, -0.15) is 10.2 Å². The molecule has 0 saturated heterocycles. The molecule has 0 unspecified atom stereocenters. The first-order chi connectivity index (χ1) is 18.4. The number of benzene rings is 1. The molecule has 3 aromatic heterocycles. The smallest absolute Gasteiger partial charge is 0.135 e. The second-order valence-electron chi connectivity index (χ2n) is 11.4. The van der Waals surface area contributed by atoms with Crippen molar-refractivity contribution in [3.63, 3.8) is 0 Å². The molecule has 3 atom stereocenters. The van der Waals surface area contributed by atoms with Gasteiger partial charge in [0.15, 0.2) is 0 Å². The van der Waals surface area contributed by atoms with Crippen LogP contribution < -0.4 is 0 Å². The summed E-state index contributed by atoms with van der Waals surface area (Å²) in [6, 6.07) is 11.4. The molecule has 7 nitrogen and oxygen atoms in total. The van der Waals surface area contributed by atoms with E-state index in [-0.39, 0.29) is 35.7 Å². The summed E-state index contributed by atoms with van der Waals surface area (Å²) in [6.45, 7) is 9.86. The Kier molecular flexibility index (Phi) is 6.63. The SMILES string of the molecule is CC[C@H]1c2cc(-c3c(F)cccc3F)nnc2[C@](C)(c2cccc(-c3cnn(C[C@](C)(O)CO)c3)n2)C1(C)C. The summed E-state index contributed by atoms with van der Waals surface area (Å²) in [5, 5.41) is 32.9. The third kappa shape index (κ3) is 4.33. The number of nitrogens with zero attached hydrogens (tertiary/aromatic N) is 5. The number of aromatic nitrogens is 5. The molecule has 0 spiro atoms. The standard InChI is InChI=1S/C30H33F2N5O2/c1-6-20-19-13-24(26-21(31)9-7-10-22(26)32)35-36-27(19)30(5,28(20,2)3)25-12-8-11-23(34-25)18-14-33-37(15-18)16-29(4,39)17-38/h7-15,20,38-39H,6,16-17H2,1-5H3/t20-,29-,30-/m0/s1. The quantitative estimate of drug-likeness (QED) is 0.336. The molecule has 0 bridgehead atoms. The van der Waals surface area contributed by atoms with Crippen molar-refractivity contribution in [2.24, 2.45) is 5.41 Å². The molecule has 4 aromatic rings. The lowest BCUT2D eigenvalue weighted by atomic mass is 9.62. The van der Waals surface area contributed by atoms with Crippen LogP contribution in [0.15, 0.2) is 54.9 Å². The van der Waals surface area contributed by atoms with Crippen LogP contribution in [0.2, 0.25) is 0 Å². The van der Waals surface area contributed by atoms with Crippen molar-refractivity contribution in [3.05, 3.63) is 83.4 Å². The van der Waals surface area contributed by atoms with Gasteiger partial charge < -0.3 is 10.2 Å². The van der Waals surface area contributed by atoms with Crippen LogP contribution in [-0.4, -0.2) is 47.4 Å². The van der Waals surface area contributed by atoms with E-state index >= 15 is 0 Å². The lowest BCUT2D eigenvalue weighted by molar-refractivity contribution is -0.0145. The fourth-order valence-corrected chi connectivity index (χ4v) is 6.00. The molecule has 0 fully saturated rings. The van der Waals surface area contributed by atoms with Gasteiger partial charge in [0, 0.05) is 11.8 Å². The minimum atomic E-state index is -1.29. The number of hydrogen-bond acceptors (Lipinski definition) is 6. The van der Waals surface area contributed by atoms with Crippen molar-refractivity contribution < 1.29 is 19.0 Å². The third-order valence-corrected chi connectivity index (χ3v) is 8.49. The van der Waals surface area contributed by atoms with E-state index in [9.17, 15) is 19.0 Å². The number of hydrogen-bond donors (Lipinski definition) is 2. The van der Waals surface area contributed by atoms with E-state index in [0.29, 0.717) is 5.69 Å². The zero-order valence-electron chi connectivity index (χ0n) is 22.8. The van der Waals surface area contributed by atoms with Crippen LogP contribution in [0.4, 0.5) is 8.78 Å². The molecule has 0 saturated carbocycles. The van der Waals surface area contributed by atoms with Gasteiger partial charge in [-0.15, -0.1) is 5.10 Å². The van der Waals surface area contributed by atoms with Crippen molar-refractivity contribution in [1.82, 2.24) is 25.0 Å². The van der Waals surface area contributed by atoms with Crippen molar-refractivity contribution in [2.45, 2.75) is 64.5 Å². The summed E-state index contributed by atoms with van der Waals surface area (Å²) >= 11 is 0. The third-order valence-electron chi connectivity index (χ3n) is 8.49. The fourth-order valence-electron chi connectivity index (χ4n) is 6.00. The Labute approximate surface area is 226 Å². The number of aliphatic hydroxyl groups is 2. The summed E-state index contributed by atoms with van der Waals surface area (Å²) in [5.41, 5.74) is 1.67. The van der Waals surface area contributed by atoms with E-state index in [4.69, 9.17) is 4.98 Å². The Bertz CT molecular complexity index is 1510. The van der Waals surface area contributed by atoms with Crippen LogP contribution >= 0.6 is 0 Å². The summed E-state index contributed by atoms with van der Waals surface area (Å²) in [4.78, 5) is 5.05. The van der Waals surface area contributed by atoms with Gasteiger partial charge in [0.05, 0.1) is 53.1 Å². The largest absolute Gasteiger partial charge is 0.393 e. The Morgan fingerprint density at radius 2 is 1.72 bits per heavy atom. The van der Waals surface area contributed by atoms with Gasteiger partial charge in [-0.1, -0.05) is 32.9 Å². The molecular weight excluding hydrogens is 500 g/mol. The molecular formula is C30H33F2N5O2. The molecule has 3 heterocycles.